The van der Waals surface area contributed by atoms with E-state index in [1.807, 2.05) is 21.1 Å². The van der Waals surface area contributed by atoms with Gasteiger partial charge in [-0.05, 0) is 7.05 Å². The lowest BCUT2D eigenvalue weighted by Crippen LogP contribution is -2.21. The second-order valence-corrected chi connectivity index (χ2v) is 2.99. The number of hydrogen-bond donors (Lipinski definition) is 2. The number of aromatic amines is 1. The third-order valence-electron chi connectivity index (χ3n) is 1.56. The summed E-state index contributed by atoms with van der Waals surface area (Å²) in [6, 6.07) is 1.49. The van der Waals surface area contributed by atoms with Crippen molar-refractivity contribution in [3.05, 3.63) is 22.1 Å². The van der Waals surface area contributed by atoms with Gasteiger partial charge in [0.2, 0.25) is 5.95 Å². The molecule has 0 saturated heterocycles. The second kappa shape index (κ2) is 4.04. The Kier molecular flexibility index (Phi) is 3.02. The van der Waals surface area contributed by atoms with Crippen LogP contribution in [0, 0.1) is 0 Å². The summed E-state index contributed by atoms with van der Waals surface area (Å²) in [4.78, 5) is 19.8. The molecular formula is C8H14N4O. The topological polar surface area (TPSA) is 61.0 Å². The minimum atomic E-state index is -0.121. The summed E-state index contributed by atoms with van der Waals surface area (Å²) in [5.41, 5.74) is 0.624. The Hall–Kier alpha value is -1.36. The average molecular weight is 182 g/mol. The first-order valence-electron chi connectivity index (χ1n) is 4.05. The lowest BCUT2D eigenvalue weighted by molar-refractivity contribution is 0.778. The zero-order valence-electron chi connectivity index (χ0n) is 8.09. The molecule has 0 fully saturated rings. The van der Waals surface area contributed by atoms with Gasteiger partial charge in [-0.3, -0.25) is 9.78 Å². The van der Waals surface area contributed by atoms with Gasteiger partial charge in [-0.25, -0.2) is 4.98 Å². The number of nitrogens with zero attached hydrogens (tertiary/aromatic N) is 2. The van der Waals surface area contributed by atoms with Gasteiger partial charge >= 0.3 is 0 Å². The quantitative estimate of drug-likeness (QED) is 0.665. The number of rotatable bonds is 3. The molecule has 0 amide bonds. The lowest BCUT2D eigenvalue weighted by atomic mass is 10.4. The van der Waals surface area contributed by atoms with Crippen LogP contribution in [0.2, 0.25) is 0 Å². The van der Waals surface area contributed by atoms with Gasteiger partial charge in [-0.2, -0.15) is 0 Å². The Balaban J connectivity index is 3.04. The summed E-state index contributed by atoms with van der Waals surface area (Å²) in [7, 11) is 5.49. The molecule has 2 N–H and O–H groups in total. The molecule has 0 atom stereocenters. The monoisotopic (exact) mass is 182 g/mol. The number of H-pyrrole nitrogens is 1. The van der Waals surface area contributed by atoms with E-state index in [0.717, 1.165) is 5.69 Å². The van der Waals surface area contributed by atoms with E-state index < -0.39 is 0 Å². The van der Waals surface area contributed by atoms with Crippen molar-refractivity contribution in [3.8, 4) is 0 Å². The first-order valence-corrected chi connectivity index (χ1v) is 4.05. The molecular weight excluding hydrogens is 168 g/mol. The highest BCUT2D eigenvalue weighted by Gasteiger charge is 2.01. The van der Waals surface area contributed by atoms with Crippen molar-refractivity contribution < 1.29 is 0 Å². The predicted molar refractivity (Wildman–Crippen MR) is 51.9 cm³/mol. The van der Waals surface area contributed by atoms with E-state index in [1.54, 1.807) is 4.90 Å². The van der Waals surface area contributed by atoms with Gasteiger partial charge in [0.05, 0.1) is 5.69 Å². The Morgan fingerprint density at radius 1 is 1.62 bits per heavy atom. The third kappa shape index (κ3) is 2.55. The Bertz CT molecular complexity index is 331. The maximum atomic E-state index is 11.1. The number of hydrogen-bond acceptors (Lipinski definition) is 4. The van der Waals surface area contributed by atoms with Crippen LogP contribution in [0.15, 0.2) is 10.9 Å². The van der Waals surface area contributed by atoms with Crippen molar-refractivity contribution in [2.24, 2.45) is 0 Å². The maximum absolute atomic E-state index is 11.1. The molecule has 5 heteroatoms. The fourth-order valence-corrected chi connectivity index (χ4v) is 0.977. The van der Waals surface area contributed by atoms with Crippen LogP contribution in [-0.2, 0) is 6.54 Å². The molecule has 5 nitrogen and oxygen atoms in total. The van der Waals surface area contributed by atoms with Crippen LogP contribution in [0.1, 0.15) is 5.69 Å². The van der Waals surface area contributed by atoms with Crippen molar-refractivity contribution in [2.45, 2.75) is 6.54 Å². The average Bonchev–Trinajstić information content (AvgIpc) is 2.03. The van der Waals surface area contributed by atoms with E-state index >= 15 is 0 Å². The van der Waals surface area contributed by atoms with E-state index in [0.29, 0.717) is 12.5 Å². The van der Waals surface area contributed by atoms with Crippen molar-refractivity contribution >= 4 is 5.95 Å². The predicted octanol–water partition coefficient (Wildman–Crippen LogP) is -0.445. The molecule has 0 aliphatic rings. The van der Waals surface area contributed by atoms with E-state index in [2.05, 4.69) is 15.3 Å². The highest BCUT2D eigenvalue weighted by molar-refractivity contribution is 5.27. The third-order valence-corrected chi connectivity index (χ3v) is 1.56. The molecule has 72 valence electrons. The molecule has 1 aromatic heterocycles. The fraction of sp³-hybridized carbons (Fsp3) is 0.500. The molecule has 0 radical (unpaired) electrons. The van der Waals surface area contributed by atoms with Crippen LogP contribution >= 0.6 is 0 Å². The van der Waals surface area contributed by atoms with Crippen molar-refractivity contribution in [3.63, 3.8) is 0 Å². The molecule has 0 spiro atoms. The SMILES string of the molecule is CNCc1cc(=O)[nH]c(N(C)C)n1. The molecule has 1 rings (SSSR count). The summed E-state index contributed by atoms with van der Waals surface area (Å²) in [5.74, 6) is 0.581. The fourth-order valence-electron chi connectivity index (χ4n) is 0.977. The summed E-state index contributed by atoms with van der Waals surface area (Å²) >= 11 is 0. The lowest BCUT2D eigenvalue weighted by Gasteiger charge is -2.11. The van der Waals surface area contributed by atoms with E-state index in [1.165, 1.54) is 6.07 Å². The van der Waals surface area contributed by atoms with Gasteiger partial charge in [-0.15, -0.1) is 0 Å². The van der Waals surface area contributed by atoms with Gasteiger partial charge in [0.25, 0.3) is 5.56 Å². The summed E-state index contributed by atoms with van der Waals surface area (Å²) in [6.45, 7) is 0.602. The Morgan fingerprint density at radius 3 is 2.85 bits per heavy atom. The van der Waals surface area contributed by atoms with Gasteiger partial charge in [0.1, 0.15) is 0 Å². The van der Waals surface area contributed by atoms with Gasteiger partial charge < -0.3 is 10.2 Å². The Labute approximate surface area is 76.8 Å². The molecule has 0 aliphatic heterocycles. The first-order chi connectivity index (χ1) is 6.13. The zero-order valence-corrected chi connectivity index (χ0v) is 8.09. The first kappa shape index (κ1) is 9.73. The van der Waals surface area contributed by atoms with Crippen LogP contribution in [0.5, 0.6) is 0 Å². The molecule has 0 aliphatic carbocycles. The molecule has 13 heavy (non-hydrogen) atoms. The summed E-state index contributed by atoms with van der Waals surface area (Å²) < 4.78 is 0. The van der Waals surface area contributed by atoms with Crippen molar-refractivity contribution in [2.75, 3.05) is 26.0 Å². The minimum absolute atomic E-state index is 0.121. The van der Waals surface area contributed by atoms with Crippen LogP contribution in [-0.4, -0.2) is 31.1 Å². The van der Waals surface area contributed by atoms with E-state index in [-0.39, 0.29) is 5.56 Å². The van der Waals surface area contributed by atoms with Gasteiger partial charge in [-0.1, -0.05) is 0 Å². The zero-order chi connectivity index (χ0) is 9.84. The number of aromatic nitrogens is 2. The second-order valence-electron chi connectivity index (χ2n) is 2.99. The van der Waals surface area contributed by atoms with Crippen LogP contribution < -0.4 is 15.8 Å². The van der Waals surface area contributed by atoms with Crippen molar-refractivity contribution in [1.29, 1.82) is 0 Å². The van der Waals surface area contributed by atoms with Crippen LogP contribution in [0.3, 0.4) is 0 Å². The summed E-state index contributed by atoms with van der Waals surface area (Å²) in [5, 5.41) is 2.94. The van der Waals surface area contributed by atoms with Crippen LogP contribution in [0.25, 0.3) is 0 Å². The molecule has 0 unspecified atom stereocenters. The smallest absolute Gasteiger partial charge is 0.252 e. The van der Waals surface area contributed by atoms with E-state index in [9.17, 15) is 4.79 Å². The molecule has 0 aromatic carbocycles. The maximum Gasteiger partial charge on any atom is 0.252 e. The highest BCUT2D eigenvalue weighted by Crippen LogP contribution is 1.99. The molecule has 1 heterocycles. The molecule has 0 saturated carbocycles. The summed E-state index contributed by atoms with van der Waals surface area (Å²) in [6.07, 6.45) is 0. The van der Waals surface area contributed by atoms with E-state index in [4.69, 9.17) is 0 Å². The normalized spacial score (nSPS) is 10.1. The standard InChI is InChI=1S/C8H14N4O/c1-9-5-6-4-7(13)11-8(10-6)12(2)3/h4,9H,5H2,1-3H3,(H,10,11,13). The van der Waals surface area contributed by atoms with Crippen molar-refractivity contribution in [1.82, 2.24) is 15.3 Å². The molecule has 1 aromatic rings. The highest BCUT2D eigenvalue weighted by atomic mass is 16.1. The number of anilines is 1. The largest absolute Gasteiger partial charge is 0.348 e. The van der Waals surface area contributed by atoms with Crippen LogP contribution in [0.4, 0.5) is 5.95 Å². The number of nitrogens with one attached hydrogen (secondary N) is 2. The molecule has 0 bridgehead atoms. The Morgan fingerprint density at radius 2 is 2.31 bits per heavy atom. The van der Waals surface area contributed by atoms with Gasteiger partial charge in [0, 0.05) is 26.7 Å². The van der Waals surface area contributed by atoms with Gasteiger partial charge in [0.15, 0.2) is 0 Å². The minimum Gasteiger partial charge on any atom is -0.348 e.